The van der Waals surface area contributed by atoms with Crippen molar-refractivity contribution in [2.45, 2.75) is 187 Å². The van der Waals surface area contributed by atoms with Crippen molar-refractivity contribution in [3.8, 4) is 0 Å². The van der Waals surface area contributed by atoms with Crippen LogP contribution in [0.1, 0.15) is 109 Å². The van der Waals surface area contributed by atoms with Crippen molar-refractivity contribution < 1.29 is 71.4 Å². The Kier molecular flexibility index (Phi) is 16.1. The molecule has 60 heavy (non-hydrogen) atoms. The molecule has 0 aromatic heterocycles. The van der Waals surface area contributed by atoms with Crippen LogP contribution in [0.15, 0.2) is 0 Å². The molecule has 18 heteroatoms. The van der Waals surface area contributed by atoms with Crippen LogP contribution in [-0.4, -0.2) is 133 Å². The molecule has 0 aromatic carbocycles. The van der Waals surface area contributed by atoms with Crippen LogP contribution in [0.25, 0.3) is 0 Å². The van der Waals surface area contributed by atoms with Crippen LogP contribution in [-0.2, 0) is 61.8 Å². The molecule has 342 valence electrons. The number of likely N-dealkylation sites (N-methyl/N-ethyl adjacent to an activating group) is 1. The van der Waals surface area contributed by atoms with Crippen molar-refractivity contribution in [3.63, 3.8) is 0 Å². The first-order valence-corrected chi connectivity index (χ1v) is 21.2. The lowest BCUT2D eigenvalue weighted by Crippen LogP contribution is -2.62. The molecule has 4 heterocycles. The van der Waals surface area contributed by atoms with Crippen molar-refractivity contribution in [2.24, 2.45) is 35.3 Å². The van der Waals surface area contributed by atoms with E-state index in [0.717, 1.165) is 0 Å². The van der Waals surface area contributed by atoms with Crippen LogP contribution in [0.4, 0.5) is 9.59 Å². The van der Waals surface area contributed by atoms with Crippen LogP contribution in [0.5, 0.6) is 0 Å². The van der Waals surface area contributed by atoms with Crippen molar-refractivity contribution >= 4 is 35.9 Å². The number of hydrogen-bond donors (Lipinski definition) is 2. The minimum absolute atomic E-state index is 0.148. The second kappa shape index (κ2) is 19.6. The highest BCUT2D eigenvalue weighted by atomic mass is 16.7. The van der Waals surface area contributed by atoms with Gasteiger partial charge in [-0.2, -0.15) is 0 Å². The zero-order chi connectivity index (χ0) is 45.2. The summed E-state index contributed by atoms with van der Waals surface area (Å²) in [7, 11) is 3.69. The summed E-state index contributed by atoms with van der Waals surface area (Å²) in [5, 5.41) is 2.78. The van der Waals surface area contributed by atoms with E-state index in [1.807, 2.05) is 32.8 Å². The highest BCUT2D eigenvalue weighted by Gasteiger charge is 2.58. The third-order valence-electron chi connectivity index (χ3n) is 12.8. The first-order valence-electron chi connectivity index (χ1n) is 21.2. The third-order valence-corrected chi connectivity index (χ3v) is 12.8. The number of cyclic esters (lactones) is 1. The van der Waals surface area contributed by atoms with Gasteiger partial charge in [0.1, 0.15) is 29.7 Å². The molecule has 18 nitrogen and oxygen atoms in total. The molecular weight excluding hydrogens is 786 g/mol. The minimum atomic E-state index is -1.74. The topological polar surface area (TPSA) is 227 Å². The summed E-state index contributed by atoms with van der Waals surface area (Å²) in [6.45, 7) is 19.8. The fourth-order valence-corrected chi connectivity index (χ4v) is 9.94. The number of ketones is 1. The highest BCUT2D eigenvalue weighted by molar-refractivity contribution is 5.85. The maximum atomic E-state index is 14.6. The Morgan fingerprint density at radius 2 is 1.48 bits per heavy atom. The number of ether oxygens (including phenoxy) is 9. The molecule has 18 atom stereocenters. The fraction of sp³-hybridized carbons (Fsp3) is 0.857. The lowest BCUT2D eigenvalue weighted by atomic mass is 9.73. The zero-order valence-electron chi connectivity index (χ0n) is 37.7. The lowest BCUT2D eigenvalue weighted by molar-refractivity contribution is -0.310. The molecule has 0 aromatic rings. The van der Waals surface area contributed by atoms with Crippen LogP contribution in [0, 0.1) is 29.6 Å². The van der Waals surface area contributed by atoms with E-state index in [1.54, 1.807) is 55.4 Å². The summed E-state index contributed by atoms with van der Waals surface area (Å²) in [6, 6.07) is -1.28. The van der Waals surface area contributed by atoms with Gasteiger partial charge in [0.15, 0.2) is 24.3 Å². The maximum absolute atomic E-state index is 14.6. The van der Waals surface area contributed by atoms with Crippen LogP contribution in [0.3, 0.4) is 0 Å². The average molecular weight is 856 g/mol. The molecule has 2 amide bonds. The normalized spacial score (nSPS) is 43.1. The number of carbonyl (C=O) groups is 6. The Hall–Kier alpha value is -3.58. The van der Waals surface area contributed by atoms with E-state index >= 15 is 0 Å². The van der Waals surface area contributed by atoms with Gasteiger partial charge in [0.05, 0.1) is 36.3 Å². The fourth-order valence-electron chi connectivity index (χ4n) is 9.94. The Labute approximate surface area is 353 Å². The van der Waals surface area contributed by atoms with Crippen molar-refractivity contribution in [2.75, 3.05) is 14.1 Å². The van der Waals surface area contributed by atoms with Crippen molar-refractivity contribution in [3.05, 3.63) is 0 Å². The number of nitrogens with two attached hydrogens (primary N) is 1. The number of alkyl carbamates (subject to hydrolysis) is 1. The van der Waals surface area contributed by atoms with Gasteiger partial charge >= 0.3 is 30.1 Å². The smallest absolute Gasteiger partial charge is 0.408 e. The molecule has 4 saturated heterocycles. The molecular formula is C42H69N3O15. The number of Topliss-reactive ketones (excluding diaryl/α,β-unsaturated/α-hetero) is 1. The minimum Gasteiger partial charge on any atom is -0.460 e. The van der Waals surface area contributed by atoms with Gasteiger partial charge in [-0.25, -0.2) is 9.59 Å². The van der Waals surface area contributed by atoms with E-state index in [1.165, 1.54) is 13.8 Å². The largest absolute Gasteiger partial charge is 0.460 e. The van der Waals surface area contributed by atoms with Crippen LogP contribution < -0.4 is 11.1 Å². The first-order chi connectivity index (χ1) is 27.8. The van der Waals surface area contributed by atoms with Gasteiger partial charge in [-0.05, 0) is 68.0 Å². The summed E-state index contributed by atoms with van der Waals surface area (Å²) in [5.74, 6) is -6.01. The van der Waals surface area contributed by atoms with E-state index in [-0.39, 0.29) is 43.1 Å². The Balaban J connectivity index is 1.93. The van der Waals surface area contributed by atoms with E-state index in [9.17, 15) is 28.8 Å². The Morgan fingerprint density at radius 1 is 0.867 bits per heavy atom. The molecule has 4 rings (SSSR count). The number of fused-ring (bicyclic) bond motifs is 1. The summed E-state index contributed by atoms with van der Waals surface area (Å²) in [5.41, 5.74) is 2.61. The molecule has 0 aliphatic carbocycles. The van der Waals surface area contributed by atoms with Gasteiger partial charge in [0, 0.05) is 43.9 Å². The van der Waals surface area contributed by atoms with Gasteiger partial charge in [0.25, 0.3) is 0 Å². The van der Waals surface area contributed by atoms with E-state index < -0.39 is 120 Å². The van der Waals surface area contributed by atoms with Crippen LogP contribution >= 0.6 is 0 Å². The maximum Gasteiger partial charge on any atom is 0.408 e. The molecule has 4 unspecified atom stereocenters. The molecule has 0 radical (unpaired) electrons. The van der Waals surface area contributed by atoms with E-state index in [2.05, 4.69) is 5.32 Å². The van der Waals surface area contributed by atoms with Crippen molar-refractivity contribution in [1.29, 1.82) is 0 Å². The number of esters is 3. The number of rotatable bonds is 9. The molecule has 0 bridgehead atoms. The number of nitrogens with zero attached hydrogens (tertiary/aromatic N) is 1. The monoisotopic (exact) mass is 855 g/mol. The summed E-state index contributed by atoms with van der Waals surface area (Å²) in [4.78, 5) is 81.4. The Morgan fingerprint density at radius 3 is 2.03 bits per heavy atom. The Bertz CT molecular complexity index is 1570. The second-order valence-electron chi connectivity index (χ2n) is 18.1. The highest BCUT2D eigenvalue weighted by Crippen LogP contribution is 2.43. The van der Waals surface area contributed by atoms with Gasteiger partial charge in [-0.15, -0.1) is 0 Å². The molecule has 4 aliphatic rings. The van der Waals surface area contributed by atoms with Gasteiger partial charge in [-0.1, -0.05) is 34.6 Å². The second-order valence-corrected chi connectivity index (χ2v) is 18.1. The predicted octanol–water partition coefficient (Wildman–Crippen LogP) is 4.02. The molecule has 4 fully saturated rings. The van der Waals surface area contributed by atoms with Gasteiger partial charge < -0.3 is 58.6 Å². The summed E-state index contributed by atoms with van der Waals surface area (Å²) < 4.78 is 56.0. The average Bonchev–Trinajstić information content (AvgIpc) is 3.45. The summed E-state index contributed by atoms with van der Waals surface area (Å²) >= 11 is 0. The number of hydrogen-bond acceptors (Lipinski definition) is 16. The first kappa shape index (κ1) is 49.1. The number of primary amides is 1. The number of nitrogens with one attached hydrogen (secondary N) is 1. The molecule has 0 saturated carbocycles. The van der Waals surface area contributed by atoms with Gasteiger partial charge in [0.2, 0.25) is 0 Å². The van der Waals surface area contributed by atoms with E-state index in [4.69, 9.17) is 48.4 Å². The quantitative estimate of drug-likeness (QED) is 0.247. The third kappa shape index (κ3) is 10.9. The van der Waals surface area contributed by atoms with Crippen LogP contribution in [0.2, 0.25) is 0 Å². The van der Waals surface area contributed by atoms with Gasteiger partial charge in [-0.3, -0.25) is 19.2 Å². The zero-order valence-corrected chi connectivity index (χ0v) is 37.7. The number of carbonyl (C=O) groups excluding carboxylic acids is 6. The molecule has 0 spiro atoms. The molecule has 4 aliphatic heterocycles. The predicted molar refractivity (Wildman–Crippen MR) is 213 cm³/mol. The standard InChI is InChI=1S/C42H69N3O15/c1-15-29-42(12)35(44-40(51)60-42)22(5)31(48)20(3)18-41(11,59-39(43)50)36(58-38-34(55-27(10)47)28(45(13)14)17-21(4)52-38)23(6)33(24(7)37(49)56-29)57-30-16-19(2)32(25(8)53-30)54-26(9)46/h19-25,28-30,32-36,38H,15-18H2,1-14H3,(H2,43,50)(H,44,51)/t19?,20-,21-,22?,23+,24-,25?,28+,29-,30+,32-,33+,34-,35?,36-,38+,41-,42-/m1/s1. The summed E-state index contributed by atoms with van der Waals surface area (Å²) in [6.07, 6.45) is -9.20. The SMILES string of the molecule is CC[C@H]1OC(=O)[C@H](C)[C@@H](O[C@H]2CC(C)[C@@H](OC(C)=O)C(C)O2)[C@H](C)[C@@H](O[C@@H]2O[C@H](C)C[C@H](N(C)C)[C@H]2OC(C)=O)[C@](C)(OC(N)=O)C[C@@H](C)C(=O)C(C)C2NC(=O)O[C@@]21C. The molecule has 3 N–H and O–H groups in total. The lowest BCUT2D eigenvalue weighted by Gasteiger charge is -2.49. The number of amides is 2. The van der Waals surface area contributed by atoms with E-state index in [0.29, 0.717) is 6.42 Å². The van der Waals surface area contributed by atoms with Crippen molar-refractivity contribution in [1.82, 2.24) is 10.2 Å².